The lowest BCUT2D eigenvalue weighted by molar-refractivity contribution is 0.296. The Morgan fingerprint density at radius 3 is 2.68 bits per heavy atom. The minimum absolute atomic E-state index is 0.546. The van der Waals surface area contributed by atoms with E-state index in [1.807, 2.05) is 13.0 Å². The van der Waals surface area contributed by atoms with Gasteiger partial charge in [-0.05, 0) is 34.5 Å². The number of aromatic amines is 1. The van der Waals surface area contributed by atoms with Gasteiger partial charge in [0.15, 0.2) is 11.5 Å². The second kappa shape index (κ2) is 4.77. The van der Waals surface area contributed by atoms with Crippen LogP contribution in [0.4, 0.5) is 5.82 Å². The number of nitrogens with zero attached hydrogens (tertiary/aromatic N) is 1. The molecule has 100 valence electrons. The third-order valence-electron chi connectivity index (χ3n) is 3.18. The van der Waals surface area contributed by atoms with Gasteiger partial charge in [0.25, 0.3) is 0 Å². The van der Waals surface area contributed by atoms with Crippen molar-refractivity contribution in [3.05, 3.63) is 22.3 Å². The number of ether oxygens (including phenoxy) is 2. The highest BCUT2D eigenvalue weighted by molar-refractivity contribution is 9.10. The summed E-state index contributed by atoms with van der Waals surface area (Å²) in [4.78, 5) is 0. The molecule has 0 fully saturated rings. The molecule has 0 saturated carbocycles. The molecular formula is C13H14BrN3O2. The zero-order chi connectivity index (χ0) is 13.4. The van der Waals surface area contributed by atoms with Crippen LogP contribution >= 0.6 is 15.9 Å². The van der Waals surface area contributed by atoms with Crippen molar-refractivity contribution < 1.29 is 9.47 Å². The van der Waals surface area contributed by atoms with Crippen LogP contribution in [0.15, 0.2) is 16.7 Å². The summed E-state index contributed by atoms with van der Waals surface area (Å²) in [5, 5.41) is 6.71. The molecule has 0 radical (unpaired) electrons. The van der Waals surface area contributed by atoms with E-state index in [2.05, 4.69) is 26.1 Å². The number of anilines is 1. The lowest BCUT2D eigenvalue weighted by atomic mass is 10.0. The molecule has 5 nitrogen and oxygen atoms in total. The first-order valence-electron chi connectivity index (χ1n) is 6.06. The Morgan fingerprint density at radius 1 is 1.26 bits per heavy atom. The van der Waals surface area contributed by atoms with E-state index >= 15 is 0 Å². The molecule has 1 aliphatic rings. The number of aromatic nitrogens is 2. The monoisotopic (exact) mass is 323 g/mol. The van der Waals surface area contributed by atoms with E-state index < -0.39 is 0 Å². The number of nitrogens with one attached hydrogen (secondary N) is 1. The normalized spacial score (nSPS) is 14.2. The number of benzene rings is 1. The van der Waals surface area contributed by atoms with Crippen molar-refractivity contribution in [1.82, 2.24) is 10.2 Å². The second-order valence-electron chi connectivity index (χ2n) is 4.44. The van der Waals surface area contributed by atoms with Crippen LogP contribution in [0.2, 0.25) is 0 Å². The Labute approximate surface area is 119 Å². The Hall–Kier alpha value is -1.69. The van der Waals surface area contributed by atoms with E-state index in [1.54, 1.807) is 6.20 Å². The third kappa shape index (κ3) is 2.06. The number of hydrogen-bond acceptors (Lipinski definition) is 4. The lowest BCUT2D eigenvalue weighted by Crippen LogP contribution is -1.98. The summed E-state index contributed by atoms with van der Waals surface area (Å²) in [7, 11) is 0. The van der Waals surface area contributed by atoms with Crippen LogP contribution in [0, 0.1) is 6.92 Å². The Balaban J connectivity index is 2.20. The highest BCUT2D eigenvalue weighted by Gasteiger charge is 2.21. The van der Waals surface area contributed by atoms with Crippen molar-refractivity contribution in [3.63, 3.8) is 0 Å². The maximum Gasteiger partial charge on any atom is 0.175 e. The van der Waals surface area contributed by atoms with Gasteiger partial charge >= 0.3 is 0 Å². The molecule has 3 N–H and O–H groups in total. The van der Waals surface area contributed by atoms with Gasteiger partial charge in [-0.15, -0.1) is 0 Å². The molecule has 0 amide bonds. The average Bonchev–Trinajstić information content (AvgIpc) is 2.66. The minimum atomic E-state index is 0.546. The van der Waals surface area contributed by atoms with Gasteiger partial charge in [0.2, 0.25) is 0 Å². The van der Waals surface area contributed by atoms with Crippen LogP contribution in [0.25, 0.3) is 11.1 Å². The van der Waals surface area contributed by atoms with Crippen molar-refractivity contribution in [2.75, 3.05) is 18.9 Å². The van der Waals surface area contributed by atoms with Crippen LogP contribution in [0.3, 0.4) is 0 Å². The predicted molar refractivity (Wildman–Crippen MR) is 76.5 cm³/mol. The highest BCUT2D eigenvalue weighted by atomic mass is 79.9. The molecule has 3 rings (SSSR count). The Bertz CT molecular complexity index is 625. The average molecular weight is 324 g/mol. The van der Waals surface area contributed by atoms with Gasteiger partial charge in [-0.25, -0.2) is 0 Å². The standard InChI is InChI=1S/C13H14BrN3O2/c1-7-8(9-6-16-17-13(9)15)5-10(14)12-11(7)18-3-2-4-19-12/h5-6H,2-4H2,1H3,(H3,15,16,17). The first-order valence-corrected chi connectivity index (χ1v) is 6.85. The summed E-state index contributed by atoms with van der Waals surface area (Å²) in [6.45, 7) is 3.32. The molecule has 1 aliphatic heterocycles. The Kier molecular flexibility index (Phi) is 3.10. The van der Waals surface area contributed by atoms with E-state index in [9.17, 15) is 0 Å². The largest absolute Gasteiger partial charge is 0.489 e. The van der Waals surface area contributed by atoms with Crippen molar-refractivity contribution in [2.45, 2.75) is 13.3 Å². The summed E-state index contributed by atoms with van der Waals surface area (Å²) in [5.41, 5.74) is 8.76. The zero-order valence-electron chi connectivity index (χ0n) is 10.5. The molecule has 0 bridgehead atoms. The fraction of sp³-hybridized carbons (Fsp3) is 0.308. The summed E-state index contributed by atoms with van der Waals surface area (Å²) >= 11 is 3.54. The SMILES string of the molecule is Cc1c(-c2cn[nH]c2N)cc(Br)c2c1OCCCO2. The number of fused-ring (bicyclic) bond motifs is 1. The first kappa shape index (κ1) is 12.3. The number of halogens is 1. The van der Waals surface area contributed by atoms with Crippen molar-refractivity contribution in [3.8, 4) is 22.6 Å². The number of nitrogen functional groups attached to an aromatic ring is 1. The molecule has 2 aromatic rings. The number of hydrogen-bond donors (Lipinski definition) is 2. The molecule has 0 saturated heterocycles. The molecular weight excluding hydrogens is 310 g/mol. The third-order valence-corrected chi connectivity index (χ3v) is 3.77. The second-order valence-corrected chi connectivity index (χ2v) is 5.29. The molecule has 0 atom stereocenters. The molecule has 6 heteroatoms. The van der Waals surface area contributed by atoms with Crippen LogP contribution < -0.4 is 15.2 Å². The van der Waals surface area contributed by atoms with Gasteiger partial charge in [-0.3, -0.25) is 5.10 Å². The van der Waals surface area contributed by atoms with Crippen molar-refractivity contribution in [2.24, 2.45) is 0 Å². The molecule has 0 spiro atoms. The van der Waals surface area contributed by atoms with E-state index in [0.29, 0.717) is 19.0 Å². The maximum absolute atomic E-state index is 5.89. The van der Waals surface area contributed by atoms with Gasteiger partial charge < -0.3 is 15.2 Å². The molecule has 0 unspecified atom stereocenters. The van der Waals surface area contributed by atoms with Gasteiger partial charge in [0.1, 0.15) is 5.82 Å². The van der Waals surface area contributed by atoms with Gasteiger partial charge in [-0.1, -0.05) is 0 Å². The molecule has 19 heavy (non-hydrogen) atoms. The summed E-state index contributed by atoms with van der Waals surface area (Å²) < 4.78 is 12.4. The maximum atomic E-state index is 5.89. The Morgan fingerprint density at radius 2 is 2.00 bits per heavy atom. The smallest absolute Gasteiger partial charge is 0.175 e. The van der Waals surface area contributed by atoms with Gasteiger partial charge in [0, 0.05) is 17.5 Å². The van der Waals surface area contributed by atoms with E-state index in [4.69, 9.17) is 15.2 Å². The van der Waals surface area contributed by atoms with Crippen LogP contribution in [-0.2, 0) is 0 Å². The quantitative estimate of drug-likeness (QED) is 0.846. The van der Waals surface area contributed by atoms with Crippen molar-refractivity contribution >= 4 is 21.7 Å². The zero-order valence-corrected chi connectivity index (χ0v) is 12.1. The number of rotatable bonds is 1. The fourth-order valence-electron chi connectivity index (χ4n) is 2.21. The molecule has 1 aromatic heterocycles. The molecule has 0 aliphatic carbocycles. The lowest BCUT2D eigenvalue weighted by Gasteiger charge is -2.15. The fourth-order valence-corrected chi connectivity index (χ4v) is 2.73. The minimum Gasteiger partial charge on any atom is -0.489 e. The number of H-pyrrole nitrogens is 1. The predicted octanol–water partition coefficient (Wildman–Crippen LogP) is 2.89. The van der Waals surface area contributed by atoms with E-state index in [0.717, 1.165) is 39.1 Å². The summed E-state index contributed by atoms with van der Waals surface area (Å²) in [6, 6.07) is 1.99. The van der Waals surface area contributed by atoms with Crippen molar-refractivity contribution in [1.29, 1.82) is 0 Å². The van der Waals surface area contributed by atoms with Crippen LogP contribution in [0.1, 0.15) is 12.0 Å². The highest BCUT2D eigenvalue weighted by Crippen LogP contribution is 2.45. The number of nitrogens with two attached hydrogens (primary N) is 1. The first-order chi connectivity index (χ1) is 9.18. The molecule has 1 aromatic carbocycles. The summed E-state index contributed by atoms with van der Waals surface area (Å²) in [6.07, 6.45) is 2.60. The molecule has 2 heterocycles. The topological polar surface area (TPSA) is 73.2 Å². The van der Waals surface area contributed by atoms with Crippen LogP contribution in [-0.4, -0.2) is 23.4 Å². The van der Waals surface area contributed by atoms with Gasteiger partial charge in [0.05, 0.1) is 23.9 Å². The van der Waals surface area contributed by atoms with Crippen LogP contribution in [0.5, 0.6) is 11.5 Å². The summed E-state index contributed by atoms with van der Waals surface area (Å²) in [5.74, 6) is 2.09. The van der Waals surface area contributed by atoms with E-state index in [1.165, 1.54) is 0 Å². The van der Waals surface area contributed by atoms with E-state index in [-0.39, 0.29) is 0 Å². The van der Waals surface area contributed by atoms with Gasteiger partial charge in [-0.2, -0.15) is 5.10 Å².